The van der Waals surface area contributed by atoms with Crippen LogP contribution in [0.2, 0.25) is 0 Å². The molecule has 0 bridgehead atoms. The molecule has 56 valence electrons. The lowest BCUT2D eigenvalue weighted by Gasteiger charge is -1.96. The zero-order valence-corrected chi connectivity index (χ0v) is 6.03. The largest absolute Gasteiger partial charge is 0.444 e. The first kappa shape index (κ1) is 7.67. The third kappa shape index (κ3) is 1.54. The van der Waals surface area contributed by atoms with Gasteiger partial charge in [0.15, 0.2) is 3.95 Å². The molecule has 0 aliphatic rings. The number of nitrogens with one attached hydrogen (secondary N) is 1. The van der Waals surface area contributed by atoms with Crippen molar-refractivity contribution in [3.8, 4) is 0 Å². The highest BCUT2D eigenvalue weighted by Crippen LogP contribution is 2.30. The summed E-state index contributed by atoms with van der Waals surface area (Å²) in [6.07, 6.45) is -4.38. The number of halogens is 3. The van der Waals surface area contributed by atoms with Crippen molar-refractivity contribution in [2.75, 3.05) is 0 Å². The second-order valence-electron chi connectivity index (χ2n) is 1.42. The van der Waals surface area contributed by atoms with Gasteiger partial charge in [0.1, 0.15) is 0 Å². The van der Waals surface area contributed by atoms with Crippen LogP contribution in [-0.4, -0.2) is 10.2 Å². The molecule has 0 amide bonds. The molecular formula is C3HF3N2S2. The Hall–Kier alpha value is -0.430. The van der Waals surface area contributed by atoms with Crippen molar-refractivity contribution < 1.29 is 13.2 Å². The van der Waals surface area contributed by atoms with Crippen LogP contribution in [0, 0.1) is 3.95 Å². The number of rotatable bonds is 0. The average molecular weight is 186 g/mol. The van der Waals surface area contributed by atoms with E-state index in [1.54, 1.807) is 0 Å². The third-order valence-electron chi connectivity index (χ3n) is 0.681. The Morgan fingerprint density at radius 1 is 1.50 bits per heavy atom. The van der Waals surface area contributed by atoms with E-state index in [9.17, 15) is 13.2 Å². The van der Waals surface area contributed by atoms with Crippen molar-refractivity contribution in [2.24, 2.45) is 0 Å². The molecular weight excluding hydrogens is 185 g/mol. The lowest BCUT2D eigenvalue weighted by molar-refractivity contribution is -0.138. The van der Waals surface area contributed by atoms with Crippen molar-refractivity contribution in [1.82, 2.24) is 10.2 Å². The normalized spacial score (nSPS) is 11.9. The van der Waals surface area contributed by atoms with Crippen molar-refractivity contribution in [1.29, 1.82) is 0 Å². The molecule has 1 aromatic rings. The smallest absolute Gasteiger partial charge is 0.258 e. The highest BCUT2D eigenvalue weighted by molar-refractivity contribution is 7.73. The zero-order chi connectivity index (χ0) is 7.78. The third-order valence-corrected chi connectivity index (χ3v) is 1.81. The second kappa shape index (κ2) is 2.31. The number of H-pyrrole nitrogens is 1. The van der Waals surface area contributed by atoms with E-state index >= 15 is 0 Å². The summed E-state index contributed by atoms with van der Waals surface area (Å²) in [5, 5.41) is 4.06. The van der Waals surface area contributed by atoms with Gasteiger partial charge >= 0.3 is 6.18 Å². The lowest BCUT2D eigenvalue weighted by atomic mass is 10.7. The molecule has 0 aromatic carbocycles. The molecule has 10 heavy (non-hydrogen) atoms. The summed E-state index contributed by atoms with van der Waals surface area (Å²) in [5.74, 6) is 0. The summed E-state index contributed by atoms with van der Waals surface area (Å²) in [6.45, 7) is 0. The van der Waals surface area contributed by atoms with E-state index in [4.69, 9.17) is 0 Å². The van der Waals surface area contributed by atoms with E-state index in [-0.39, 0.29) is 3.95 Å². The van der Waals surface area contributed by atoms with Crippen molar-refractivity contribution in [3.05, 3.63) is 8.96 Å². The molecule has 0 aliphatic carbocycles. The topological polar surface area (TPSA) is 28.7 Å². The van der Waals surface area contributed by atoms with Gasteiger partial charge in [-0.15, -0.1) is 0 Å². The second-order valence-corrected chi connectivity index (χ2v) is 3.08. The van der Waals surface area contributed by atoms with Crippen molar-refractivity contribution in [3.63, 3.8) is 0 Å². The molecule has 1 heterocycles. The fraction of sp³-hybridized carbons (Fsp3) is 0.333. The summed E-state index contributed by atoms with van der Waals surface area (Å²) >= 11 is 4.82. The van der Waals surface area contributed by atoms with Gasteiger partial charge in [-0.05, 0) is 12.2 Å². The van der Waals surface area contributed by atoms with E-state index in [0.717, 1.165) is 0 Å². The van der Waals surface area contributed by atoms with Crippen LogP contribution >= 0.6 is 23.6 Å². The highest BCUT2D eigenvalue weighted by atomic mass is 32.1. The predicted octanol–water partition coefficient (Wildman–Crippen LogP) is 2.22. The Morgan fingerprint density at radius 3 is 2.30 bits per heavy atom. The number of nitrogens with zero attached hydrogens (tertiary/aromatic N) is 1. The number of hydrogen-bond donors (Lipinski definition) is 1. The van der Waals surface area contributed by atoms with E-state index in [0.29, 0.717) is 11.3 Å². The Balaban J connectivity index is 3.07. The number of hydrogen-bond acceptors (Lipinski definition) is 3. The van der Waals surface area contributed by atoms with E-state index < -0.39 is 11.2 Å². The minimum Gasteiger partial charge on any atom is -0.258 e. The molecule has 1 N–H and O–H groups in total. The number of aromatic amines is 1. The maximum Gasteiger partial charge on any atom is 0.444 e. The molecule has 1 rings (SSSR count). The highest BCUT2D eigenvalue weighted by Gasteiger charge is 2.34. The van der Waals surface area contributed by atoms with Crippen molar-refractivity contribution in [2.45, 2.75) is 6.18 Å². The maximum atomic E-state index is 11.7. The van der Waals surface area contributed by atoms with Gasteiger partial charge in [-0.2, -0.15) is 18.3 Å². The standard InChI is InChI=1S/C3HF3N2S2/c4-3(5,6)1-7-8-2(9)10-1/h(H,8,9). The van der Waals surface area contributed by atoms with Gasteiger partial charge < -0.3 is 0 Å². The molecule has 0 aliphatic heterocycles. The van der Waals surface area contributed by atoms with Crippen LogP contribution in [0.3, 0.4) is 0 Å². The van der Waals surface area contributed by atoms with Crippen LogP contribution in [0.1, 0.15) is 5.01 Å². The quantitative estimate of drug-likeness (QED) is 0.629. The minimum atomic E-state index is -4.38. The molecule has 0 saturated heterocycles. The van der Waals surface area contributed by atoms with Crippen LogP contribution in [-0.2, 0) is 6.18 Å². The molecule has 0 spiro atoms. The summed E-state index contributed by atoms with van der Waals surface area (Å²) in [6, 6.07) is 0. The lowest BCUT2D eigenvalue weighted by Crippen LogP contribution is -2.03. The summed E-state index contributed by atoms with van der Waals surface area (Å²) in [4.78, 5) is 0. The molecule has 2 nitrogen and oxygen atoms in total. The fourth-order valence-corrected chi connectivity index (χ4v) is 1.11. The van der Waals surface area contributed by atoms with Gasteiger partial charge in [0.25, 0.3) is 0 Å². The minimum absolute atomic E-state index is 0.0346. The van der Waals surface area contributed by atoms with Gasteiger partial charge in [-0.1, -0.05) is 11.3 Å². The van der Waals surface area contributed by atoms with Gasteiger partial charge in [0.05, 0.1) is 0 Å². The van der Waals surface area contributed by atoms with Gasteiger partial charge in [0.2, 0.25) is 5.01 Å². The van der Waals surface area contributed by atoms with E-state index in [1.165, 1.54) is 0 Å². The van der Waals surface area contributed by atoms with Crippen LogP contribution in [0.25, 0.3) is 0 Å². The van der Waals surface area contributed by atoms with Crippen LogP contribution in [0.15, 0.2) is 0 Å². The Morgan fingerprint density at radius 2 is 2.10 bits per heavy atom. The molecule has 7 heteroatoms. The molecule has 0 atom stereocenters. The Kier molecular flexibility index (Phi) is 1.78. The van der Waals surface area contributed by atoms with Crippen LogP contribution in [0.5, 0.6) is 0 Å². The summed E-state index contributed by atoms with van der Waals surface area (Å²) in [5.41, 5.74) is 0. The fourth-order valence-electron chi connectivity index (χ4n) is 0.351. The van der Waals surface area contributed by atoms with Crippen LogP contribution < -0.4 is 0 Å². The number of aromatic nitrogens is 2. The molecule has 0 fully saturated rings. The van der Waals surface area contributed by atoms with Gasteiger partial charge in [0, 0.05) is 0 Å². The van der Waals surface area contributed by atoms with Crippen LogP contribution in [0.4, 0.5) is 13.2 Å². The first-order chi connectivity index (χ1) is 4.50. The first-order valence-corrected chi connectivity index (χ1v) is 3.35. The van der Waals surface area contributed by atoms with Crippen molar-refractivity contribution >= 4 is 23.6 Å². The molecule has 0 unspecified atom stereocenters. The summed E-state index contributed by atoms with van der Waals surface area (Å²) in [7, 11) is 0. The summed E-state index contributed by atoms with van der Waals surface area (Å²) < 4.78 is 35.1. The van der Waals surface area contributed by atoms with Gasteiger partial charge in [-0.25, -0.2) is 0 Å². The van der Waals surface area contributed by atoms with E-state index in [1.807, 2.05) is 5.10 Å². The monoisotopic (exact) mass is 186 g/mol. The molecule has 0 saturated carbocycles. The first-order valence-electron chi connectivity index (χ1n) is 2.13. The predicted molar refractivity (Wildman–Crippen MR) is 32.3 cm³/mol. The zero-order valence-electron chi connectivity index (χ0n) is 4.40. The molecule has 1 aromatic heterocycles. The number of alkyl halides is 3. The Labute approximate surface area is 62.7 Å². The molecule has 0 radical (unpaired) electrons. The average Bonchev–Trinajstić information content (AvgIpc) is 2.11. The van der Waals surface area contributed by atoms with Gasteiger partial charge in [-0.3, -0.25) is 5.10 Å². The Bertz CT molecular complexity index is 272. The van der Waals surface area contributed by atoms with E-state index in [2.05, 4.69) is 17.3 Å². The SMILES string of the molecule is FC(F)(F)c1n[nH]c(=S)s1. The maximum absolute atomic E-state index is 11.7.